The van der Waals surface area contributed by atoms with Crippen molar-refractivity contribution >= 4 is 34.6 Å². The number of carbonyl (C=O) groups excluding carboxylic acids is 2. The van der Waals surface area contributed by atoms with Crippen LogP contribution in [0.15, 0.2) is 30.5 Å². The zero-order chi connectivity index (χ0) is 23.6. The summed E-state index contributed by atoms with van der Waals surface area (Å²) in [5, 5.41) is 17.5. The molecule has 0 spiro atoms. The zero-order valence-corrected chi connectivity index (χ0v) is 16.6. The molecule has 0 saturated carbocycles. The lowest BCUT2D eigenvalue weighted by Gasteiger charge is -2.15. The van der Waals surface area contributed by atoms with Crippen LogP contribution in [0.25, 0.3) is 11.0 Å². The first kappa shape index (κ1) is 22.5. The number of aryl methyl sites for hydroxylation is 2. The number of anilines is 1. The molecule has 0 unspecified atom stereocenters. The molecule has 0 aliphatic heterocycles. The third-order valence-electron chi connectivity index (χ3n) is 4.25. The molecule has 0 aliphatic carbocycles. The molecule has 0 bridgehead atoms. The Morgan fingerprint density at radius 2 is 1.94 bits per heavy atom. The van der Waals surface area contributed by atoms with Crippen LogP contribution in [0.1, 0.15) is 21.6 Å². The van der Waals surface area contributed by atoms with E-state index in [9.17, 15) is 27.6 Å². The Balaban J connectivity index is 1.74. The Kier molecular flexibility index (Phi) is 6.00. The third-order valence-corrected chi connectivity index (χ3v) is 4.25. The second kappa shape index (κ2) is 8.53. The summed E-state index contributed by atoms with van der Waals surface area (Å²) < 4.78 is 45.9. The molecule has 0 fully saturated rings. The molecule has 3 aromatic rings. The van der Waals surface area contributed by atoms with Crippen molar-refractivity contribution in [3.63, 3.8) is 0 Å². The Morgan fingerprint density at radius 3 is 2.59 bits per heavy atom. The number of urea groups is 1. The smallest absolute Gasteiger partial charge is 0.420 e. The summed E-state index contributed by atoms with van der Waals surface area (Å²) in [4.78, 5) is 39.1. The highest BCUT2D eigenvalue weighted by Gasteiger charge is 2.35. The van der Waals surface area contributed by atoms with Crippen molar-refractivity contribution in [3.05, 3.63) is 47.3 Å². The minimum atomic E-state index is -4.87. The fraction of sp³-hybridized carbons (Fsp3) is 0.211. The summed E-state index contributed by atoms with van der Waals surface area (Å²) >= 11 is 0. The number of halogens is 3. The lowest BCUT2D eigenvalue weighted by molar-refractivity contribution is -0.143. The van der Waals surface area contributed by atoms with Crippen molar-refractivity contribution in [2.75, 3.05) is 11.9 Å². The topological polar surface area (TPSA) is 135 Å². The number of fused-ring (bicyclic) bond motifs is 1. The first-order chi connectivity index (χ1) is 15.0. The molecule has 3 amide bonds. The van der Waals surface area contributed by atoms with Crippen molar-refractivity contribution in [1.82, 2.24) is 20.1 Å². The maximum Gasteiger partial charge on any atom is 0.420 e. The van der Waals surface area contributed by atoms with Crippen molar-refractivity contribution < 1.29 is 37.4 Å². The Morgan fingerprint density at radius 1 is 1.22 bits per heavy atom. The van der Waals surface area contributed by atoms with Crippen LogP contribution in [-0.4, -0.2) is 44.4 Å². The van der Waals surface area contributed by atoms with Gasteiger partial charge in [-0.25, -0.2) is 14.6 Å². The molecule has 3 rings (SSSR count). The average molecular weight is 451 g/mol. The van der Waals surface area contributed by atoms with Gasteiger partial charge >= 0.3 is 18.2 Å². The zero-order valence-electron chi connectivity index (χ0n) is 16.6. The van der Waals surface area contributed by atoms with Gasteiger partial charge in [-0.3, -0.25) is 14.8 Å². The average Bonchev–Trinajstić information content (AvgIpc) is 2.99. The van der Waals surface area contributed by atoms with Gasteiger partial charge in [0.05, 0.1) is 16.8 Å². The molecular formula is C19H16F3N5O5. The first-order valence-electron chi connectivity index (χ1n) is 8.93. The normalized spacial score (nSPS) is 11.3. The number of carboxylic acids is 1. The standard InChI is InChI=1S/C19H16F3N5O5/c1-9-12-5-10(7-23-16(12)27(2)26-9)17(30)25-18(31)24-11-3-4-14(32-8-15(28)29)13(6-11)19(20,21)22/h3-7H,8H2,1-2H3,(H,28,29)(H2,24,25,30,31). The summed E-state index contributed by atoms with van der Waals surface area (Å²) in [6.07, 6.45) is -3.64. The lowest BCUT2D eigenvalue weighted by atomic mass is 10.1. The van der Waals surface area contributed by atoms with Crippen LogP contribution in [0.5, 0.6) is 5.75 Å². The molecule has 13 heteroatoms. The van der Waals surface area contributed by atoms with Gasteiger partial charge in [0.2, 0.25) is 0 Å². The molecule has 0 radical (unpaired) electrons. The number of imide groups is 1. The molecule has 32 heavy (non-hydrogen) atoms. The van der Waals surface area contributed by atoms with E-state index in [4.69, 9.17) is 5.11 Å². The highest BCUT2D eigenvalue weighted by atomic mass is 19.4. The van der Waals surface area contributed by atoms with Crippen molar-refractivity contribution in [3.8, 4) is 5.75 Å². The van der Waals surface area contributed by atoms with Gasteiger partial charge in [0, 0.05) is 24.3 Å². The first-order valence-corrected chi connectivity index (χ1v) is 8.93. The number of benzene rings is 1. The van der Waals surface area contributed by atoms with E-state index >= 15 is 0 Å². The van der Waals surface area contributed by atoms with Crippen LogP contribution in [-0.2, 0) is 18.0 Å². The number of carboxylic acid groups (broad SMARTS) is 1. The van der Waals surface area contributed by atoms with E-state index in [1.54, 1.807) is 14.0 Å². The number of alkyl halides is 3. The van der Waals surface area contributed by atoms with Crippen LogP contribution < -0.4 is 15.4 Å². The van der Waals surface area contributed by atoms with E-state index in [0.717, 1.165) is 12.1 Å². The number of rotatable bonds is 5. The number of hydrogen-bond acceptors (Lipinski definition) is 6. The van der Waals surface area contributed by atoms with Gasteiger partial charge < -0.3 is 15.2 Å². The number of aromatic nitrogens is 3. The number of aliphatic carboxylic acids is 1. The van der Waals surface area contributed by atoms with Crippen LogP contribution >= 0.6 is 0 Å². The molecule has 10 nitrogen and oxygen atoms in total. The van der Waals surface area contributed by atoms with E-state index in [0.29, 0.717) is 22.8 Å². The highest BCUT2D eigenvalue weighted by molar-refractivity contribution is 6.08. The molecule has 2 heterocycles. The molecule has 0 saturated heterocycles. The second-order valence-corrected chi connectivity index (χ2v) is 6.60. The monoisotopic (exact) mass is 451 g/mol. The van der Waals surface area contributed by atoms with Gasteiger partial charge in [0.15, 0.2) is 12.3 Å². The summed E-state index contributed by atoms with van der Waals surface area (Å²) in [6.45, 7) is 0.750. The van der Waals surface area contributed by atoms with Gasteiger partial charge in [0.1, 0.15) is 5.75 Å². The summed E-state index contributed by atoms with van der Waals surface area (Å²) in [5.74, 6) is -2.99. The Labute approximate surface area is 178 Å². The predicted molar refractivity (Wildman–Crippen MR) is 104 cm³/mol. The minimum absolute atomic E-state index is 0.0529. The van der Waals surface area contributed by atoms with Gasteiger partial charge in [0.25, 0.3) is 5.91 Å². The molecule has 3 N–H and O–H groups in total. The van der Waals surface area contributed by atoms with E-state index in [1.807, 2.05) is 5.32 Å². The van der Waals surface area contributed by atoms with E-state index in [2.05, 4.69) is 20.1 Å². The SMILES string of the molecule is Cc1nn(C)c2ncc(C(=O)NC(=O)Nc3ccc(OCC(=O)O)c(C(F)(F)F)c3)cc12. The summed E-state index contributed by atoms with van der Waals surface area (Å²) in [6, 6.07) is 2.91. The Hall–Kier alpha value is -4.16. The number of amides is 3. The predicted octanol–water partition coefficient (Wildman–Crippen LogP) is 2.72. The largest absolute Gasteiger partial charge is 0.481 e. The van der Waals surface area contributed by atoms with Crippen LogP contribution in [0.2, 0.25) is 0 Å². The number of carbonyl (C=O) groups is 3. The molecule has 168 valence electrons. The van der Waals surface area contributed by atoms with E-state index < -0.39 is 42.0 Å². The van der Waals surface area contributed by atoms with Crippen molar-refractivity contribution in [2.24, 2.45) is 7.05 Å². The molecule has 2 aromatic heterocycles. The van der Waals surface area contributed by atoms with Gasteiger partial charge in [-0.05, 0) is 31.2 Å². The second-order valence-electron chi connectivity index (χ2n) is 6.60. The van der Waals surface area contributed by atoms with Gasteiger partial charge in [-0.15, -0.1) is 0 Å². The fourth-order valence-corrected chi connectivity index (χ4v) is 2.86. The van der Waals surface area contributed by atoms with Crippen molar-refractivity contribution in [2.45, 2.75) is 13.1 Å². The van der Waals surface area contributed by atoms with Gasteiger partial charge in [-0.1, -0.05) is 0 Å². The summed E-state index contributed by atoms with van der Waals surface area (Å²) in [5.41, 5.74) is -0.365. The molecule has 1 aromatic carbocycles. The number of hydrogen-bond donors (Lipinski definition) is 3. The Bertz CT molecular complexity index is 1220. The fourth-order valence-electron chi connectivity index (χ4n) is 2.86. The maximum atomic E-state index is 13.3. The number of pyridine rings is 1. The van der Waals surface area contributed by atoms with Crippen LogP contribution in [0.3, 0.4) is 0 Å². The van der Waals surface area contributed by atoms with E-state index in [-0.39, 0.29) is 11.3 Å². The van der Waals surface area contributed by atoms with Crippen LogP contribution in [0, 0.1) is 6.92 Å². The van der Waals surface area contributed by atoms with Gasteiger partial charge in [-0.2, -0.15) is 18.3 Å². The quantitative estimate of drug-likeness (QED) is 0.543. The van der Waals surface area contributed by atoms with Crippen molar-refractivity contribution in [1.29, 1.82) is 0 Å². The molecule has 0 aliphatic rings. The maximum absolute atomic E-state index is 13.3. The number of nitrogens with zero attached hydrogens (tertiary/aromatic N) is 3. The molecule has 0 atom stereocenters. The number of ether oxygens (including phenoxy) is 1. The lowest BCUT2D eigenvalue weighted by Crippen LogP contribution is -2.34. The van der Waals surface area contributed by atoms with E-state index in [1.165, 1.54) is 16.9 Å². The van der Waals surface area contributed by atoms with Crippen LogP contribution in [0.4, 0.5) is 23.7 Å². The summed E-state index contributed by atoms with van der Waals surface area (Å²) in [7, 11) is 1.68. The number of nitrogens with one attached hydrogen (secondary N) is 2. The minimum Gasteiger partial charge on any atom is -0.481 e. The highest BCUT2D eigenvalue weighted by Crippen LogP contribution is 2.37. The third kappa shape index (κ3) is 4.94. The molecular weight excluding hydrogens is 435 g/mol.